The third-order valence-corrected chi connectivity index (χ3v) is 2.51. The van der Waals surface area contributed by atoms with Crippen LogP contribution in [0.3, 0.4) is 0 Å². The van der Waals surface area contributed by atoms with Crippen molar-refractivity contribution in [1.82, 2.24) is 10.2 Å². The van der Waals surface area contributed by atoms with E-state index in [2.05, 4.69) is 17.1 Å². The maximum absolute atomic E-state index is 5.54. The topological polar surface area (TPSA) is 33.7 Å². The lowest BCUT2D eigenvalue weighted by atomic mass is 10.4. The molecule has 0 amide bonds. The predicted molar refractivity (Wildman–Crippen MR) is 61.2 cm³/mol. The average Bonchev–Trinajstić information content (AvgIpc) is 2.29. The van der Waals surface area contributed by atoms with Crippen molar-refractivity contribution in [2.45, 2.75) is 13.3 Å². The Balaban J connectivity index is 1.79. The highest BCUT2D eigenvalue weighted by molar-refractivity contribution is 4.60. The van der Waals surface area contributed by atoms with Crippen LogP contribution in [-0.4, -0.2) is 64.1 Å². The van der Waals surface area contributed by atoms with Crippen molar-refractivity contribution in [1.29, 1.82) is 0 Å². The number of morpholine rings is 1. The first-order valence-electron chi connectivity index (χ1n) is 6.02. The molecule has 0 aliphatic carbocycles. The minimum absolute atomic E-state index is 0.824. The summed E-state index contributed by atoms with van der Waals surface area (Å²) in [6, 6.07) is 0. The molecule has 0 aromatic heterocycles. The largest absolute Gasteiger partial charge is 0.379 e. The van der Waals surface area contributed by atoms with E-state index in [1.807, 2.05) is 0 Å². The highest BCUT2D eigenvalue weighted by Gasteiger charge is 2.08. The fraction of sp³-hybridized carbons (Fsp3) is 1.00. The van der Waals surface area contributed by atoms with Gasteiger partial charge < -0.3 is 14.8 Å². The molecule has 1 N–H and O–H groups in total. The molecule has 0 aromatic carbocycles. The van der Waals surface area contributed by atoms with E-state index in [9.17, 15) is 0 Å². The van der Waals surface area contributed by atoms with Gasteiger partial charge in [0.15, 0.2) is 0 Å². The van der Waals surface area contributed by atoms with Crippen LogP contribution in [0.1, 0.15) is 13.3 Å². The van der Waals surface area contributed by atoms with Crippen LogP contribution in [0.4, 0.5) is 0 Å². The number of nitrogens with one attached hydrogen (secondary N) is 1. The molecule has 0 bridgehead atoms. The minimum Gasteiger partial charge on any atom is -0.379 e. The lowest BCUT2D eigenvalue weighted by Crippen LogP contribution is -2.38. The second-order valence-corrected chi connectivity index (χ2v) is 3.82. The molecule has 0 aromatic rings. The Morgan fingerprint density at radius 1 is 1.20 bits per heavy atom. The predicted octanol–water partition coefficient (Wildman–Crippen LogP) is 0.335. The number of nitrogens with zero attached hydrogens (tertiary/aromatic N) is 1. The Labute approximate surface area is 92.9 Å². The summed E-state index contributed by atoms with van der Waals surface area (Å²) in [5, 5.41) is 3.31. The van der Waals surface area contributed by atoms with Crippen molar-refractivity contribution in [3.8, 4) is 0 Å². The van der Waals surface area contributed by atoms with Crippen molar-refractivity contribution in [2.24, 2.45) is 0 Å². The van der Waals surface area contributed by atoms with Gasteiger partial charge in [-0.25, -0.2) is 0 Å². The average molecular weight is 216 g/mol. The summed E-state index contributed by atoms with van der Waals surface area (Å²) in [5.41, 5.74) is 0. The maximum Gasteiger partial charge on any atom is 0.0594 e. The highest BCUT2D eigenvalue weighted by Crippen LogP contribution is 1.95. The first-order valence-corrected chi connectivity index (χ1v) is 6.02. The Bertz CT molecular complexity index is 139. The molecule has 1 fully saturated rings. The van der Waals surface area contributed by atoms with Crippen LogP contribution in [0.15, 0.2) is 0 Å². The standard InChI is InChI=1S/C11H24N2O2/c1-2-3-12-4-8-14-9-5-13-6-10-15-11-7-13/h12H,2-11H2,1H3. The fourth-order valence-corrected chi connectivity index (χ4v) is 1.57. The molecule has 4 nitrogen and oxygen atoms in total. The van der Waals surface area contributed by atoms with Gasteiger partial charge in [0.05, 0.1) is 26.4 Å². The van der Waals surface area contributed by atoms with E-state index < -0.39 is 0 Å². The third kappa shape index (κ3) is 6.84. The van der Waals surface area contributed by atoms with Crippen LogP contribution in [0.5, 0.6) is 0 Å². The monoisotopic (exact) mass is 216 g/mol. The molecule has 0 saturated carbocycles. The van der Waals surface area contributed by atoms with Crippen molar-refractivity contribution < 1.29 is 9.47 Å². The van der Waals surface area contributed by atoms with Gasteiger partial charge in [-0.05, 0) is 13.0 Å². The van der Waals surface area contributed by atoms with E-state index in [1.165, 1.54) is 6.42 Å². The van der Waals surface area contributed by atoms with Gasteiger partial charge in [-0.3, -0.25) is 4.90 Å². The molecule has 1 rings (SSSR count). The molecule has 90 valence electrons. The molecule has 1 aliphatic heterocycles. The Kier molecular flexibility index (Phi) is 7.83. The van der Waals surface area contributed by atoms with Crippen LogP contribution in [0.25, 0.3) is 0 Å². The lowest BCUT2D eigenvalue weighted by Gasteiger charge is -2.26. The van der Waals surface area contributed by atoms with Gasteiger partial charge in [0.2, 0.25) is 0 Å². The van der Waals surface area contributed by atoms with Crippen molar-refractivity contribution >= 4 is 0 Å². The molecule has 15 heavy (non-hydrogen) atoms. The van der Waals surface area contributed by atoms with E-state index in [0.29, 0.717) is 0 Å². The molecule has 1 heterocycles. The molecular formula is C11H24N2O2. The summed E-state index contributed by atoms with van der Waals surface area (Å²) >= 11 is 0. The molecule has 0 radical (unpaired) electrons. The summed E-state index contributed by atoms with van der Waals surface area (Å²) < 4.78 is 10.8. The molecular weight excluding hydrogens is 192 g/mol. The summed E-state index contributed by atoms with van der Waals surface area (Å²) in [6.07, 6.45) is 1.19. The zero-order valence-electron chi connectivity index (χ0n) is 9.83. The van der Waals surface area contributed by atoms with E-state index in [4.69, 9.17) is 9.47 Å². The quantitative estimate of drug-likeness (QED) is 0.593. The third-order valence-electron chi connectivity index (χ3n) is 2.51. The zero-order valence-corrected chi connectivity index (χ0v) is 9.83. The summed E-state index contributed by atoms with van der Waals surface area (Å²) in [7, 11) is 0. The normalized spacial score (nSPS) is 18.2. The molecule has 0 unspecified atom stereocenters. The Hall–Kier alpha value is -0.160. The second-order valence-electron chi connectivity index (χ2n) is 3.82. The highest BCUT2D eigenvalue weighted by atomic mass is 16.5. The van der Waals surface area contributed by atoms with Gasteiger partial charge in [-0.15, -0.1) is 0 Å². The SMILES string of the molecule is CCCNCCOCCN1CCOCC1. The molecule has 1 aliphatic rings. The van der Waals surface area contributed by atoms with Crippen LogP contribution in [-0.2, 0) is 9.47 Å². The van der Waals surface area contributed by atoms with Crippen molar-refractivity contribution in [3.63, 3.8) is 0 Å². The Morgan fingerprint density at radius 2 is 2.00 bits per heavy atom. The van der Waals surface area contributed by atoms with Gasteiger partial charge in [-0.2, -0.15) is 0 Å². The van der Waals surface area contributed by atoms with E-state index in [0.717, 1.165) is 59.2 Å². The number of hydrogen-bond acceptors (Lipinski definition) is 4. The maximum atomic E-state index is 5.54. The van der Waals surface area contributed by atoms with Crippen LogP contribution >= 0.6 is 0 Å². The summed E-state index contributed by atoms with van der Waals surface area (Å²) in [6.45, 7) is 10.8. The van der Waals surface area contributed by atoms with Gasteiger partial charge in [0.1, 0.15) is 0 Å². The molecule has 0 atom stereocenters. The van der Waals surface area contributed by atoms with Gasteiger partial charge >= 0.3 is 0 Å². The minimum atomic E-state index is 0.824. The second kappa shape index (κ2) is 9.09. The number of rotatable bonds is 8. The zero-order chi connectivity index (χ0) is 10.8. The van der Waals surface area contributed by atoms with E-state index in [-0.39, 0.29) is 0 Å². The van der Waals surface area contributed by atoms with Crippen LogP contribution in [0.2, 0.25) is 0 Å². The fourth-order valence-electron chi connectivity index (χ4n) is 1.57. The first-order chi connectivity index (χ1) is 7.43. The van der Waals surface area contributed by atoms with Gasteiger partial charge in [0.25, 0.3) is 0 Å². The summed E-state index contributed by atoms with van der Waals surface area (Å²) in [4.78, 5) is 2.39. The van der Waals surface area contributed by atoms with Crippen LogP contribution in [0, 0.1) is 0 Å². The Morgan fingerprint density at radius 3 is 2.73 bits per heavy atom. The molecule has 4 heteroatoms. The first kappa shape index (κ1) is 12.9. The smallest absolute Gasteiger partial charge is 0.0594 e. The van der Waals surface area contributed by atoms with Gasteiger partial charge in [0, 0.05) is 26.2 Å². The van der Waals surface area contributed by atoms with Crippen molar-refractivity contribution in [2.75, 3.05) is 59.2 Å². The van der Waals surface area contributed by atoms with E-state index >= 15 is 0 Å². The van der Waals surface area contributed by atoms with Crippen molar-refractivity contribution in [3.05, 3.63) is 0 Å². The number of hydrogen-bond donors (Lipinski definition) is 1. The molecule has 0 spiro atoms. The van der Waals surface area contributed by atoms with Crippen LogP contribution < -0.4 is 5.32 Å². The number of ether oxygens (including phenoxy) is 2. The molecule has 1 saturated heterocycles. The van der Waals surface area contributed by atoms with Gasteiger partial charge in [-0.1, -0.05) is 6.92 Å². The van der Waals surface area contributed by atoms with E-state index in [1.54, 1.807) is 0 Å². The summed E-state index contributed by atoms with van der Waals surface area (Å²) in [5.74, 6) is 0. The lowest BCUT2D eigenvalue weighted by molar-refractivity contribution is 0.0208.